The Morgan fingerprint density at radius 2 is 1.38 bits per heavy atom. The molecule has 0 heterocycles. The van der Waals surface area contributed by atoms with E-state index >= 15 is 0 Å². The van der Waals surface area contributed by atoms with Crippen molar-refractivity contribution in [3.8, 4) is 0 Å². The third kappa shape index (κ3) is 13.8. The van der Waals surface area contributed by atoms with E-state index < -0.39 is 0 Å². The van der Waals surface area contributed by atoms with Gasteiger partial charge in [0.25, 0.3) is 0 Å². The molecule has 0 saturated heterocycles. The molecule has 0 aliphatic carbocycles. The first kappa shape index (κ1) is 15.8. The SMILES string of the molecule is CC(C)(C)CCCCCCCCCN=C=S. The molecule has 0 N–H and O–H groups in total. The molecule has 0 saturated carbocycles. The van der Waals surface area contributed by atoms with Gasteiger partial charge >= 0.3 is 0 Å². The summed E-state index contributed by atoms with van der Waals surface area (Å²) in [5, 5.41) is 2.41. The molecule has 0 atom stereocenters. The minimum Gasteiger partial charge on any atom is -0.233 e. The monoisotopic (exact) mass is 241 g/mol. The summed E-state index contributed by atoms with van der Waals surface area (Å²) in [6.45, 7) is 7.84. The zero-order valence-corrected chi connectivity index (χ0v) is 12.0. The van der Waals surface area contributed by atoms with Crippen molar-refractivity contribution in [3.63, 3.8) is 0 Å². The molecule has 0 radical (unpaired) electrons. The Labute approximate surface area is 107 Å². The van der Waals surface area contributed by atoms with Crippen molar-refractivity contribution < 1.29 is 0 Å². The van der Waals surface area contributed by atoms with Crippen molar-refractivity contribution in [1.82, 2.24) is 0 Å². The lowest BCUT2D eigenvalue weighted by atomic mass is 9.89. The average molecular weight is 241 g/mol. The molecule has 0 aliphatic heterocycles. The van der Waals surface area contributed by atoms with Crippen LogP contribution in [0, 0.1) is 5.41 Å². The van der Waals surface area contributed by atoms with Crippen LogP contribution in [0.5, 0.6) is 0 Å². The van der Waals surface area contributed by atoms with Crippen LogP contribution in [0.1, 0.15) is 72.1 Å². The molecule has 0 spiro atoms. The molecule has 0 aliphatic rings. The van der Waals surface area contributed by atoms with E-state index in [1.54, 1.807) is 0 Å². The number of nitrogens with zero attached hydrogens (tertiary/aromatic N) is 1. The van der Waals surface area contributed by atoms with E-state index in [-0.39, 0.29) is 0 Å². The molecule has 0 fully saturated rings. The molecule has 2 heteroatoms. The normalized spacial score (nSPS) is 11.2. The summed E-state index contributed by atoms with van der Waals surface area (Å²) in [6, 6.07) is 0. The van der Waals surface area contributed by atoms with Crippen molar-refractivity contribution >= 4 is 17.4 Å². The lowest BCUT2D eigenvalue weighted by molar-refractivity contribution is 0.356. The van der Waals surface area contributed by atoms with Gasteiger partial charge in [0, 0.05) is 6.54 Å². The Morgan fingerprint density at radius 3 is 1.88 bits per heavy atom. The highest BCUT2D eigenvalue weighted by Gasteiger charge is 2.08. The fourth-order valence-electron chi connectivity index (χ4n) is 1.78. The molecule has 0 aromatic carbocycles. The maximum Gasteiger partial charge on any atom is 0.0584 e. The highest BCUT2D eigenvalue weighted by molar-refractivity contribution is 7.78. The van der Waals surface area contributed by atoms with Crippen molar-refractivity contribution in [3.05, 3.63) is 0 Å². The number of rotatable bonds is 9. The highest BCUT2D eigenvalue weighted by Crippen LogP contribution is 2.22. The maximum atomic E-state index is 4.51. The topological polar surface area (TPSA) is 12.4 Å². The van der Waals surface area contributed by atoms with Gasteiger partial charge in [0.05, 0.1) is 5.16 Å². The third-order valence-electron chi connectivity index (χ3n) is 2.76. The van der Waals surface area contributed by atoms with Gasteiger partial charge in [-0.25, -0.2) is 4.99 Å². The van der Waals surface area contributed by atoms with Crippen LogP contribution in [0.15, 0.2) is 4.99 Å². The fraction of sp³-hybridized carbons (Fsp3) is 0.929. The zero-order valence-electron chi connectivity index (χ0n) is 11.2. The van der Waals surface area contributed by atoms with Crippen LogP contribution in [0.2, 0.25) is 0 Å². The average Bonchev–Trinajstić information content (AvgIpc) is 2.19. The minimum atomic E-state index is 0.513. The number of isothiocyanates is 1. The van der Waals surface area contributed by atoms with Crippen molar-refractivity contribution in [1.29, 1.82) is 0 Å². The minimum absolute atomic E-state index is 0.513. The van der Waals surface area contributed by atoms with Crippen molar-refractivity contribution in [2.24, 2.45) is 10.4 Å². The van der Waals surface area contributed by atoms with Crippen LogP contribution in [0.25, 0.3) is 0 Å². The second-order valence-corrected chi connectivity index (χ2v) is 5.94. The van der Waals surface area contributed by atoms with E-state index in [2.05, 4.69) is 43.1 Å². The second kappa shape index (κ2) is 9.99. The maximum absolute atomic E-state index is 4.51. The first-order valence-electron chi connectivity index (χ1n) is 6.60. The van der Waals surface area contributed by atoms with Gasteiger partial charge in [-0.15, -0.1) is 0 Å². The van der Waals surface area contributed by atoms with Crippen LogP contribution in [-0.2, 0) is 0 Å². The quantitative estimate of drug-likeness (QED) is 0.305. The molecule has 0 aromatic heterocycles. The van der Waals surface area contributed by atoms with Crippen molar-refractivity contribution in [2.75, 3.05) is 6.54 Å². The van der Waals surface area contributed by atoms with Crippen LogP contribution in [0.4, 0.5) is 0 Å². The molecule has 0 aromatic rings. The van der Waals surface area contributed by atoms with Gasteiger partial charge in [-0.05, 0) is 30.5 Å². The van der Waals surface area contributed by atoms with Gasteiger partial charge < -0.3 is 0 Å². The van der Waals surface area contributed by atoms with E-state index in [1.165, 1.54) is 51.4 Å². The molecule has 0 rings (SSSR count). The first-order valence-corrected chi connectivity index (χ1v) is 7.01. The number of hydrogen-bond donors (Lipinski definition) is 0. The first-order chi connectivity index (χ1) is 7.56. The Morgan fingerprint density at radius 1 is 0.875 bits per heavy atom. The van der Waals surface area contributed by atoms with Gasteiger partial charge in [0.1, 0.15) is 0 Å². The van der Waals surface area contributed by atoms with Gasteiger partial charge in [-0.2, -0.15) is 0 Å². The number of unbranched alkanes of at least 4 members (excludes halogenated alkanes) is 6. The number of hydrogen-bond acceptors (Lipinski definition) is 2. The van der Waals surface area contributed by atoms with Gasteiger partial charge in [0.15, 0.2) is 0 Å². The predicted octanol–water partition coefficient (Wildman–Crippen LogP) is 5.26. The Balaban J connectivity index is 3.07. The molecular weight excluding hydrogens is 214 g/mol. The summed E-state index contributed by atoms with van der Waals surface area (Å²) < 4.78 is 0. The lowest BCUT2D eigenvalue weighted by Crippen LogP contribution is -2.03. The van der Waals surface area contributed by atoms with Gasteiger partial charge in [-0.3, -0.25) is 0 Å². The van der Waals surface area contributed by atoms with Gasteiger partial charge in [0.2, 0.25) is 0 Å². The van der Waals surface area contributed by atoms with E-state index in [9.17, 15) is 0 Å². The zero-order chi connectivity index (χ0) is 12.3. The van der Waals surface area contributed by atoms with Crippen molar-refractivity contribution in [2.45, 2.75) is 72.1 Å². The molecular formula is C14H27NS. The highest BCUT2D eigenvalue weighted by atomic mass is 32.1. The smallest absolute Gasteiger partial charge is 0.0584 e. The van der Waals surface area contributed by atoms with Crippen LogP contribution < -0.4 is 0 Å². The van der Waals surface area contributed by atoms with Gasteiger partial charge in [-0.1, -0.05) is 59.3 Å². The summed E-state index contributed by atoms with van der Waals surface area (Å²) in [6.07, 6.45) is 10.7. The molecule has 0 amide bonds. The van der Waals surface area contributed by atoms with Crippen LogP contribution in [0.3, 0.4) is 0 Å². The summed E-state index contributed by atoms with van der Waals surface area (Å²) in [7, 11) is 0. The third-order valence-corrected chi connectivity index (χ3v) is 2.89. The van der Waals surface area contributed by atoms with E-state index in [0.717, 1.165) is 6.54 Å². The summed E-state index contributed by atoms with van der Waals surface area (Å²) >= 11 is 4.51. The largest absolute Gasteiger partial charge is 0.233 e. The Bertz CT molecular complexity index is 199. The fourth-order valence-corrected chi connectivity index (χ4v) is 1.87. The number of aliphatic imine (C=N–C) groups is 1. The molecule has 16 heavy (non-hydrogen) atoms. The standard InChI is InChI=1S/C14H27NS/c1-14(2,3)11-9-7-5-4-6-8-10-12-15-13-16/h4-12H2,1-3H3. The molecule has 1 nitrogen and oxygen atoms in total. The molecule has 0 bridgehead atoms. The summed E-state index contributed by atoms with van der Waals surface area (Å²) in [4.78, 5) is 3.91. The van der Waals surface area contributed by atoms with Crippen LogP contribution in [-0.4, -0.2) is 11.7 Å². The lowest BCUT2D eigenvalue weighted by Gasteiger charge is -2.17. The summed E-state index contributed by atoms with van der Waals surface area (Å²) in [5.41, 5.74) is 0.513. The predicted molar refractivity (Wildman–Crippen MR) is 76.3 cm³/mol. The Hall–Kier alpha value is -0.200. The molecule has 94 valence electrons. The molecule has 0 unspecified atom stereocenters. The van der Waals surface area contributed by atoms with E-state index in [1.807, 2.05) is 0 Å². The summed E-state index contributed by atoms with van der Waals surface area (Å²) in [5.74, 6) is 0. The Kier molecular flexibility index (Phi) is 9.86. The van der Waals surface area contributed by atoms with E-state index in [0.29, 0.717) is 5.41 Å². The van der Waals surface area contributed by atoms with Crippen LogP contribution >= 0.6 is 12.2 Å². The second-order valence-electron chi connectivity index (χ2n) is 5.76. The van der Waals surface area contributed by atoms with E-state index in [4.69, 9.17) is 0 Å². The number of thiocarbonyl (C=S) groups is 1.